The van der Waals surface area contributed by atoms with Gasteiger partial charge in [-0.05, 0) is 43.8 Å². The Labute approximate surface area is 158 Å². The van der Waals surface area contributed by atoms with Gasteiger partial charge in [-0.1, -0.05) is 42.5 Å². The van der Waals surface area contributed by atoms with Crippen LogP contribution in [0.25, 0.3) is 0 Å². The molecule has 1 aromatic heterocycles. The molecule has 5 heteroatoms. The second-order valence-electron chi connectivity index (χ2n) is 6.43. The van der Waals surface area contributed by atoms with Crippen LogP contribution >= 0.6 is 0 Å². The number of carbonyl (C=O) groups is 2. The Morgan fingerprint density at radius 3 is 2.48 bits per heavy atom. The van der Waals surface area contributed by atoms with E-state index in [9.17, 15) is 9.59 Å². The number of amides is 1. The summed E-state index contributed by atoms with van der Waals surface area (Å²) in [5.74, 6) is 0.571. The van der Waals surface area contributed by atoms with Gasteiger partial charge >= 0.3 is 0 Å². The van der Waals surface area contributed by atoms with E-state index in [0.717, 1.165) is 11.3 Å². The maximum atomic E-state index is 13.1. The Morgan fingerprint density at radius 2 is 1.81 bits per heavy atom. The number of hydrogen-bond acceptors (Lipinski definition) is 4. The number of nitrogens with one attached hydrogen (secondary N) is 1. The predicted octanol–water partition coefficient (Wildman–Crippen LogP) is 4.29. The fourth-order valence-corrected chi connectivity index (χ4v) is 3.01. The molecule has 0 saturated carbocycles. The highest BCUT2D eigenvalue weighted by atomic mass is 16.3. The van der Waals surface area contributed by atoms with Crippen LogP contribution in [-0.4, -0.2) is 23.6 Å². The number of benzene rings is 2. The second-order valence-corrected chi connectivity index (χ2v) is 6.43. The van der Waals surface area contributed by atoms with E-state index in [4.69, 9.17) is 4.42 Å². The molecule has 1 unspecified atom stereocenters. The molecule has 0 saturated heterocycles. The van der Waals surface area contributed by atoms with Crippen LogP contribution in [0.3, 0.4) is 0 Å². The third-order valence-corrected chi connectivity index (χ3v) is 4.33. The van der Waals surface area contributed by atoms with Gasteiger partial charge in [0.15, 0.2) is 5.78 Å². The van der Waals surface area contributed by atoms with Crippen molar-refractivity contribution in [2.24, 2.45) is 0 Å². The van der Waals surface area contributed by atoms with Gasteiger partial charge in [0.25, 0.3) is 0 Å². The monoisotopic (exact) mass is 362 g/mol. The molecule has 1 N–H and O–H groups in total. The minimum absolute atomic E-state index is 0.0411. The first kappa shape index (κ1) is 18.6. The lowest BCUT2D eigenvalue weighted by atomic mass is 10.0. The summed E-state index contributed by atoms with van der Waals surface area (Å²) in [5.41, 5.74) is 2.04. The molecule has 3 rings (SSSR count). The van der Waals surface area contributed by atoms with Gasteiger partial charge in [0.1, 0.15) is 11.8 Å². The molecule has 0 bridgehead atoms. The van der Waals surface area contributed by atoms with Crippen LogP contribution < -0.4 is 5.32 Å². The molecule has 138 valence electrons. The summed E-state index contributed by atoms with van der Waals surface area (Å²) in [6, 6.07) is 19.8. The highest BCUT2D eigenvalue weighted by molar-refractivity contribution is 5.98. The van der Waals surface area contributed by atoms with Crippen molar-refractivity contribution in [3.63, 3.8) is 0 Å². The zero-order valence-corrected chi connectivity index (χ0v) is 15.4. The molecule has 5 nitrogen and oxygen atoms in total. The molecular weight excluding hydrogens is 340 g/mol. The molecule has 27 heavy (non-hydrogen) atoms. The van der Waals surface area contributed by atoms with Crippen LogP contribution in [0.15, 0.2) is 77.4 Å². The van der Waals surface area contributed by atoms with Gasteiger partial charge in [0, 0.05) is 11.3 Å². The van der Waals surface area contributed by atoms with Gasteiger partial charge in [-0.2, -0.15) is 0 Å². The quantitative estimate of drug-likeness (QED) is 0.637. The Kier molecular flexibility index (Phi) is 5.84. The van der Waals surface area contributed by atoms with Crippen molar-refractivity contribution in [1.82, 2.24) is 4.90 Å². The summed E-state index contributed by atoms with van der Waals surface area (Å²) in [5, 5.41) is 2.93. The maximum absolute atomic E-state index is 13.1. The van der Waals surface area contributed by atoms with Crippen LogP contribution in [0.2, 0.25) is 0 Å². The fraction of sp³-hybridized carbons (Fsp3) is 0.182. The van der Waals surface area contributed by atoms with E-state index in [0.29, 0.717) is 17.8 Å². The number of hydrogen-bond donors (Lipinski definition) is 1. The van der Waals surface area contributed by atoms with Crippen LogP contribution in [0, 0.1) is 0 Å². The minimum Gasteiger partial charge on any atom is -0.468 e. The molecule has 0 fully saturated rings. The molecule has 0 aliphatic heterocycles. The Hall–Kier alpha value is -3.18. The van der Waals surface area contributed by atoms with Gasteiger partial charge in [-0.25, -0.2) is 0 Å². The van der Waals surface area contributed by atoms with E-state index < -0.39 is 6.04 Å². The molecular formula is C22H22N2O3. The minimum atomic E-state index is -0.503. The summed E-state index contributed by atoms with van der Waals surface area (Å²) in [6.07, 6.45) is 1.62. The van der Waals surface area contributed by atoms with Gasteiger partial charge in [-0.3, -0.25) is 14.5 Å². The lowest BCUT2D eigenvalue weighted by Crippen LogP contribution is -2.34. The van der Waals surface area contributed by atoms with E-state index in [1.807, 2.05) is 54.4 Å². The fourth-order valence-electron chi connectivity index (χ4n) is 3.01. The van der Waals surface area contributed by atoms with Crippen molar-refractivity contribution < 1.29 is 14.0 Å². The number of nitrogens with zero attached hydrogens (tertiary/aromatic N) is 1. The van der Waals surface area contributed by atoms with E-state index in [2.05, 4.69) is 5.32 Å². The Balaban J connectivity index is 1.84. The molecule has 0 spiro atoms. The number of anilines is 1. The van der Waals surface area contributed by atoms with Crippen LogP contribution in [0.4, 0.5) is 5.69 Å². The normalized spacial score (nSPS) is 12.0. The predicted molar refractivity (Wildman–Crippen MR) is 104 cm³/mol. The average Bonchev–Trinajstić information content (AvgIpc) is 3.16. The zero-order valence-electron chi connectivity index (χ0n) is 15.4. The van der Waals surface area contributed by atoms with Gasteiger partial charge in [0.05, 0.1) is 12.8 Å². The van der Waals surface area contributed by atoms with Crippen molar-refractivity contribution in [3.05, 3.63) is 89.9 Å². The molecule has 0 aliphatic carbocycles. The number of ketones is 1. The third kappa shape index (κ3) is 4.71. The van der Waals surface area contributed by atoms with E-state index in [1.54, 1.807) is 30.5 Å². The molecule has 1 atom stereocenters. The molecule has 2 aromatic carbocycles. The number of likely N-dealkylation sites (N-methyl/N-ethyl adjacent to an activating group) is 1. The molecule has 0 aliphatic rings. The van der Waals surface area contributed by atoms with Crippen LogP contribution in [-0.2, 0) is 11.3 Å². The Morgan fingerprint density at radius 1 is 1.04 bits per heavy atom. The highest BCUT2D eigenvalue weighted by Crippen LogP contribution is 2.24. The van der Waals surface area contributed by atoms with Crippen molar-refractivity contribution in [2.45, 2.75) is 19.5 Å². The molecule has 1 amide bonds. The summed E-state index contributed by atoms with van der Waals surface area (Å²) in [4.78, 5) is 26.6. The lowest BCUT2D eigenvalue weighted by molar-refractivity contribution is -0.121. The maximum Gasteiger partial charge on any atom is 0.246 e. The topological polar surface area (TPSA) is 62.6 Å². The largest absolute Gasteiger partial charge is 0.468 e. The zero-order chi connectivity index (χ0) is 19.2. The summed E-state index contributed by atoms with van der Waals surface area (Å²) < 4.78 is 5.42. The molecule has 3 aromatic rings. The van der Waals surface area contributed by atoms with E-state index >= 15 is 0 Å². The lowest BCUT2D eigenvalue weighted by Gasteiger charge is -2.27. The van der Waals surface area contributed by atoms with Crippen LogP contribution in [0.5, 0.6) is 0 Å². The van der Waals surface area contributed by atoms with Crippen molar-refractivity contribution in [3.8, 4) is 0 Å². The summed E-state index contributed by atoms with van der Waals surface area (Å²) in [6.45, 7) is 2.00. The smallest absolute Gasteiger partial charge is 0.246 e. The summed E-state index contributed by atoms with van der Waals surface area (Å²) >= 11 is 0. The first-order chi connectivity index (χ1) is 13.0. The SMILES string of the molecule is CC(=O)c1cccc(NC(=O)C(c2ccccc2)N(C)Cc2ccco2)c1. The van der Waals surface area contributed by atoms with E-state index in [-0.39, 0.29) is 11.7 Å². The number of Topliss-reactive ketones (excluding diaryl/α,β-unsaturated/α-hetero) is 1. The van der Waals surface area contributed by atoms with Crippen molar-refractivity contribution in [2.75, 3.05) is 12.4 Å². The first-order valence-corrected chi connectivity index (χ1v) is 8.74. The standard InChI is InChI=1S/C22H22N2O3/c1-16(25)18-10-6-11-19(14-18)23-22(26)21(17-8-4-3-5-9-17)24(2)15-20-12-7-13-27-20/h3-14,21H,15H2,1-2H3,(H,23,26). The third-order valence-electron chi connectivity index (χ3n) is 4.33. The molecule has 0 radical (unpaired) electrons. The van der Waals surface area contributed by atoms with Crippen molar-refractivity contribution >= 4 is 17.4 Å². The van der Waals surface area contributed by atoms with Gasteiger partial charge < -0.3 is 9.73 Å². The van der Waals surface area contributed by atoms with Crippen LogP contribution in [0.1, 0.15) is 34.6 Å². The summed E-state index contributed by atoms with van der Waals surface area (Å²) in [7, 11) is 1.88. The average molecular weight is 362 g/mol. The number of furan rings is 1. The number of carbonyl (C=O) groups excluding carboxylic acids is 2. The van der Waals surface area contributed by atoms with Crippen molar-refractivity contribution in [1.29, 1.82) is 0 Å². The Bertz CT molecular complexity index is 904. The van der Waals surface area contributed by atoms with E-state index in [1.165, 1.54) is 6.92 Å². The van der Waals surface area contributed by atoms with Gasteiger partial charge in [0.2, 0.25) is 5.91 Å². The number of rotatable bonds is 7. The second kappa shape index (κ2) is 8.47. The highest BCUT2D eigenvalue weighted by Gasteiger charge is 2.26. The first-order valence-electron chi connectivity index (χ1n) is 8.74. The molecule has 1 heterocycles. The van der Waals surface area contributed by atoms with Gasteiger partial charge in [-0.15, -0.1) is 0 Å².